The predicted molar refractivity (Wildman–Crippen MR) is 157 cm³/mol. The number of nitrogens with one attached hydrogen (secondary N) is 3. The number of anilines is 6. The number of benzene rings is 2. The first kappa shape index (κ1) is 25.7. The van der Waals surface area contributed by atoms with E-state index < -0.39 is 0 Å². The number of nitrogens with zero attached hydrogens (tertiary/aromatic N) is 5. The molecular formula is C29H29ClN8O2. The molecule has 2 aliphatic heterocycles. The summed E-state index contributed by atoms with van der Waals surface area (Å²) in [5.74, 6) is 1.73. The number of hydrogen-bond donors (Lipinski definition) is 3. The van der Waals surface area contributed by atoms with E-state index in [9.17, 15) is 4.79 Å². The zero-order chi connectivity index (χ0) is 27.5. The lowest BCUT2D eigenvalue weighted by Crippen LogP contribution is -2.50. The molecule has 2 aromatic carbocycles. The fourth-order valence-electron chi connectivity index (χ4n) is 4.92. The third-order valence-corrected chi connectivity index (χ3v) is 7.35. The molecule has 4 aromatic rings. The zero-order valence-corrected chi connectivity index (χ0v) is 22.8. The lowest BCUT2D eigenvalue weighted by molar-refractivity contribution is 0.208. The lowest BCUT2D eigenvalue weighted by Gasteiger charge is -2.36. The smallest absolute Gasteiger partial charge is 0.321 e. The molecule has 6 bridgehead atoms. The molecule has 4 heterocycles. The molecule has 2 aliphatic rings. The molecule has 2 aromatic heterocycles. The molecule has 3 N–H and O–H groups in total. The number of aromatic nitrogens is 3. The van der Waals surface area contributed by atoms with Crippen LogP contribution < -0.4 is 25.6 Å². The van der Waals surface area contributed by atoms with E-state index in [2.05, 4.69) is 41.9 Å². The number of aryl methyl sites for hydroxylation is 2. The van der Waals surface area contributed by atoms with Crippen molar-refractivity contribution in [2.24, 2.45) is 0 Å². The number of piperazine rings is 1. The third kappa shape index (κ3) is 5.72. The number of ether oxygens (including phenoxy) is 1. The van der Waals surface area contributed by atoms with Gasteiger partial charge in [0.25, 0.3) is 0 Å². The van der Waals surface area contributed by atoms with Crippen molar-refractivity contribution >= 4 is 52.1 Å². The summed E-state index contributed by atoms with van der Waals surface area (Å²) in [7, 11) is 1.67. The van der Waals surface area contributed by atoms with Crippen LogP contribution in [0.1, 0.15) is 11.1 Å². The number of carbonyl (C=O) groups is 1. The normalized spacial score (nSPS) is 14.6. The Bertz CT molecular complexity index is 1540. The topological polar surface area (TPSA) is 108 Å². The van der Waals surface area contributed by atoms with E-state index in [1.54, 1.807) is 19.5 Å². The van der Waals surface area contributed by atoms with Crippen LogP contribution in [0.4, 0.5) is 39.3 Å². The van der Waals surface area contributed by atoms with Gasteiger partial charge in [-0.05, 0) is 60.4 Å². The molecule has 0 radical (unpaired) electrons. The van der Waals surface area contributed by atoms with Gasteiger partial charge in [0, 0.05) is 55.5 Å². The minimum Gasteiger partial charge on any atom is -0.497 e. The molecule has 1 fully saturated rings. The van der Waals surface area contributed by atoms with Crippen molar-refractivity contribution in [3.8, 4) is 5.75 Å². The molecule has 204 valence electrons. The van der Waals surface area contributed by atoms with Crippen molar-refractivity contribution in [3.05, 3.63) is 83.3 Å². The van der Waals surface area contributed by atoms with Crippen molar-refractivity contribution in [1.29, 1.82) is 0 Å². The van der Waals surface area contributed by atoms with Crippen LogP contribution in [-0.2, 0) is 12.8 Å². The number of urea groups is 1. The highest BCUT2D eigenvalue weighted by molar-refractivity contribution is 6.32. The number of halogens is 1. The minimum atomic E-state index is -0.110. The Hall–Kier alpha value is -4.57. The van der Waals surface area contributed by atoms with Gasteiger partial charge in [0.05, 0.1) is 25.2 Å². The molecular weight excluding hydrogens is 528 g/mol. The van der Waals surface area contributed by atoms with Gasteiger partial charge in [0.2, 0.25) is 5.95 Å². The molecule has 6 rings (SSSR count). The Kier molecular flexibility index (Phi) is 7.24. The standard InChI is InChI=1S/C29H29ClN8O2/c1-40-24-4-2-3-23(15-24)37-9-11-38(12-10-37)29(39)35-26-8-7-21-14-20(26)6-5-19-13-22(17-31-16-19)34-28-32-18-25(30)27(33-21)36-28/h2-4,7-8,13-18H,5-6,9-12H2,1H3,(H,35,39)(H2,32,33,34,36). The highest BCUT2D eigenvalue weighted by Crippen LogP contribution is 2.30. The van der Waals surface area contributed by atoms with Gasteiger partial charge in [-0.25, -0.2) is 9.78 Å². The van der Waals surface area contributed by atoms with E-state index in [1.807, 2.05) is 53.6 Å². The van der Waals surface area contributed by atoms with Crippen molar-refractivity contribution in [2.45, 2.75) is 12.8 Å². The first-order valence-corrected chi connectivity index (χ1v) is 13.5. The van der Waals surface area contributed by atoms with Gasteiger partial charge in [-0.2, -0.15) is 4.98 Å². The number of rotatable bonds is 3. The Morgan fingerprint density at radius 3 is 2.70 bits per heavy atom. The molecule has 2 amide bonds. The second kappa shape index (κ2) is 11.3. The van der Waals surface area contributed by atoms with Crippen LogP contribution in [0, 0.1) is 0 Å². The molecule has 0 spiro atoms. The van der Waals surface area contributed by atoms with Crippen molar-refractivity contribution in [1.82, 2.24) is 19.9 Å². The summed E-state index contributed by atoms with van der Waals surface area (Å²) in [6.45, 7) is 2.74. The molecule has 0 saturated carbocycles. The quantitative estimate of drug-likeness (QED) is 0.305. The molecule has 0 atom stereocenters. The molecule has 0 aliphatic carbocycles. The van der Waals surface area contributed by atoms with Gasteiger partial charge in [-0.1, -0.05) is 17.7 Å². The SMILES string of the molecule is COc1cccc(N2CCN(C(=O)Nc3ccc4cc3CCc3cncc(c3)Nc3ncc(Cl)c(n3)N4)CC2)c1. The van der Waals surface area contributed by atoms with Crippen LogP contribution in [-0.4, -0.2) is 59.2 Å². The number of amides is 2. The van der Waals surface area contributed by atoms with Gasteiger partial charge in [-0.3, -0.25) is 4.98 Å². The van der Waals surface area contributed by atoms with E-state index in [0.29, 0.717) is 36.3 Å². The predicted octanol–water partition coefficient (Wildman–Crippen LogP) is 5.47. The zero-order valence-electron chi connectivity index (χ0n) is 22.0. The van der Waals surface area contributed by atoms with Crippen molar-refractivity contribution in [2.75, 3.05) is 54.1 Å². The summed E-state index contributed by atoms with van der Waals surface area (Å²) < 4.78 is 5.36. The Morgan fingerprint density at radius 1 is 0.975 bits per heavy atom. The Labute approximate surface area is 237 Å². The van der Waals surface area contributed by atoms with Crippen LogP contribution in [0.25, 0.3) is 0 Å². The fourth-order valence-corrected chi connectivity index (χ4v) is 5.06. The van der Waals surface area contributed by atoms with Crippen LogP contribution in [0.15, 0.2) is 67.1 Å². The number of carbonyl (C=O) groups excluding carboxylic acids is 1. The number of fused-ring (bicyclic) bond motifs is 6. The van der Waals surface area contributed by atoms with E-state index >= 15 is 0 Å². The van der Waals surface area contributed by atoms with Gasteiger partial charge in [0.1, 0.15) is 10.8 Å². The summed E-state index contributed by atoms with van der Waals surface area (Å²) in [5, 5.41) is 10.0. The van der Waals surface area contributed by atoms with E-state index in [1.165, 1.54) is 0 Å². The van der Waals surface area contributed by atoms with Crippen molar-refractivity contribution in [3.63, 3.8) is 0 Å². The lowest BCUT2D eigenvalue weighted by atomic mass is 10.0. The monoisotopic (exact) mass is 556 g/mol. The highest BCUT2D eigenvalue weighted by atomic mass is 35.5. The maximum atomic E-state index is 13.3. The largest absolute Gasteiger partial charge is 0.497 e. The average molecular weight is 557 g/mol. The van der Waals surface area contributed by atoms with E-state index in [4.69, 9.17) is 16.3 Å². The number of pyridine rings is 1. The Balaban J connectivity index is 1.20. The van der Waals surface area contributed by atoms with Crippen LogP contribution in [0.2, 0.25) is 5.02 Å². The maximum Gasteiger partial charge on any atom is 0.321 e. The molecule has 10 nitrogen and oxygen atoms in total. The maximum absolute atomic E-state index is 13.3. The van der Waals surface area contributed by atoms with Crippen LogP contribution in [0.3, 0.4) is 0 Å². The first-order chi connectivity index (χ1) is 19.5. The molecule has 0 unspecified atom stereocenters. The van der Waals surface area contributed by atoms with Gasteiger partial charge in [0.15, 0.2) is 5.82 Å². The molecule has 1 saturated heterocycles. The third-order valence-electron chi connectivity index (χ3n) is 7.07. The van der Waals surface area contributed by atoms with Gasteiger partial charge >= 0.3 is 6.03 Å². The summed E-state index contributed by atoms with van der Waals surface area (Å²) in [5.41, 5.74) is 5.53. The van der Waals surface area contributed by atoms with E-state index in [0.717, 1.165) is 59.1 Å². The number of methoxy groups -OCH3 is 1. The molecule has 11 heteroatoms. The molecule has 40 heavy (non-hydrogen) atoms. The van der Waals surface area contributed by atoms with Crippen LogP contribution >= 0.6 is 11.6 Å². The van der Waals surface area contributed by atoms with Gasteiger partial charge < -0.3 is 30.5 Å². The van der Waals surface area contributed by atoms with Crippen molar-refractivity contribution < 1.29 is 9.53 Å². The van der Waals surface area contributed by atoms with Gasteiger partial charge in [-0.15, -0.1) is 0 Å². The average Bonchev–Trinajstić information content (AvgIpc) is 2.99. The number of hydrogen-bond acceptors (Lipinski definition) is 8. The summed E-state index contributed by atoms with van der Waals surface area (Å²) in [6, 6.07) is 15.8. The second-order valence-electron chi connectivity index (χ2n) is 9.70. The Morgan fingerprint density at radius 2 is 1.85 bits per heavy atom. The fraction of sp³-hybridized carbons (Fsp3) is 0.241. The summed E-state index contributed by atoms with van der Waals surface area (Å²) >= 11 is 6.38. The minimum absolute atomic E-state index is 0.110. The summed E-state index contributed by atoms with van der Waals surface area (Å²) in [4.78, 5) is 30.6. The first-order valence-electron chi connectivity index (χ1n) is 13.1. The summed E-state index contributed by atoms with van der Waals surface area (Å²) in [6.07, 6.45) is 6.58. The highest BCUT2D eigenvalue weighted by Gasteiger charge is 2.22. The van der Waals surface area contributed by atoms with E-state index in [-0.39, 0.29) is 6.03 Å². The van der Waals surface area contributed by atoms with Crippen LogP contribution in [0.5, 0.6) is 5.75 Å². The second-order valence-corrected chi connectivity index (χ2v) is 10.1.